The highest BCUT2D eigenvalue weighted by Crippen LogP contribution is 2.50. The molecule has 4 atom stereocenters. The van der Waals surface area contributed by atoms with Gasteiger partial charge in [0, 0.05) is 20.8 Å². The van der Waals surface area contributed by atoms with Crippen LogP contribution in [0.3, 0.4) is 0 Å². The average molecular weight is 635 g/mol. The maximum absolute atomic E-state index is 13.7. The molecule has 1 aliphatic carbocycles. The number of phenols is 1. The van der Waals surface area contributed by atoms with Gasteiger partial charge in [-0.15, -0.1) is 11.3 Å². The molecule has 1 N–H and O–H groups in total. The normalized spacial score (nSPS) is 24.1. The molecule has 1 aromatic heterocycles. The topological polar surface area (TPSA) is 76.1 Å². The third kappa shape index (κ3) is 5.78. The van der Waals surface area contributed by atoms with Gasteiger partial charge in [0.25, 0.3) is 0 Å². The van der Waals surface area contributed by atoms with E-state index < -0.39 is 5.92 Å². The SMILES string of the molecule is C/C(=C\c1cc(Br)ccc1O)CC[C@H]1OC[C@H]2C1=C(COc1ccccc1)C[C@H]1C(=O)N(Cc3cccs3)C(=O)[C@H]12. The number of imide groups is 1. The molecule has 2 aliphatic heterocycles. The van der Waals surface area contributed by atoms with E-state index >= 15 is 0 Å². The van der Waals surface area contributed by atoms with Crippen molar-refractivity contribution in [1.82, 2.24) is 4.90 Å². The van der Waals surface area contributed by atoms with Crippen LogP contribution < -0.4 is 4.74 Å². The molecule has 8 heteroatoms. The van der Waals surface area contributed by atoms with Crippen LogP contribution in [0.15, 0.2) is 87.2 Å². The minimum Gasteiger partial charge on any atom is -0.507 e. The molecule has 0 spiro atoms. The van der Waals surface area contributed by atoms with E-state index in [0.29, 0.717) is 26.2 Å². The Morgan fingerprint density at radius 2 is 1.95 bits per heavy atom. The molecular weight excluding hydrogens is 602 g/mol. The zero-order valence-electron chi connectivity index (χ0n) is 22.8. The molecule has 41 heavy (non-hydrogen) atoms. The van der Waals surface area contributed by atoms with Gasteiger partial charge in [-0.2, -0.15) is 0 Å². The van der Waals surface area contributed by atoms with E-state index in [1.807, 2.05) is 66.1 Å². The first-order chi connectivity index (χ1) is 19.9. The summed E-state index contributed by atoms with van der Waals surface area (Å²) in [6, 6.07) is 19.0. The summed E-state index contributed by atoms with van der Waals surface area (Å²) in [6.45, 7) is 3.18. The Labute approximate surface area is 252 Å². The van der Waals surface area contributed by atoms with Crippen LogP contribution in [0.1, 0.15) is 36.6 Å². The fraction of sp³-hybridized carbons (Fsp3) is 0.333. The zero-order valence-corrected chi connectivity index (χ0v) is 25.2. The lowest BCUT2D eigenvalue weighted by Crippen LogP contribution is -2.35. The summed E-state index contributed by atoms with van der Waals surface area (Å²) in [7, 11) is 0. The van der Waals surface area contributed by atoms with Crippen molar-refractivity contribution in [2.24, 2.45) is 17.8 Å². The molecule has 6 rings (SSSR count). The van der Waals surface area contributed by atoms with Gasteiger partial charge in [0.15, 0.2) is 0 Å². The number of amides is 2. The summed E-state index contributed by atoms with van der Waals surface area (Å²) in [4.78, 5) is 29.8. The standard InChI is InChI=1S/C33H32BrNO5S/c1-20(14-21-15-23(34)10-11-28(21)36)9-12-29-30-22(18-39-24-6-3-2-4-7-24)16-26-31(27(30)19-40-29)33(38)35(32(26)37)17-25-8-5-13-41-25/h2-8,10-11,13-15,26-27,29,31,36H,9,12,16-19H2,1H3/b20-14+/t26-,27+,29-,31-/m1/s1. The monoisotopic (exact) mass is 633 g/mol. The Morgan fingerprint density at radius 1 is 1.12 bits per heavy atom. The molecule has 3 aromatic rings. The Morgan fingerprint density at radius 3 is 2.73 bits per heavy atom. The van der Waals surface area contributed by atoms with Gasteiger partial charge in [0.05, 0.1) is 31.1 Å². The molecule has 2 aromatic carbocycles. The minimum atomic E-state index is -0.391. The van der Waals surface area contributed by atoms with Crippen molar-refractivity contribution in [3.63, 3.8) is 0 Å². The molecule has 0 unspecified atom stereocenters. The van der Waals surface area contributed by atoms with Crippen molar-refractivity contribution in [3.8, 4) is 11.5 Å². The third-order valence-corrected chi connectivity index (χ3v) is 9.70. The molecule has 0 radical (unpaired) electrons. The molecule has 3 heterocycles. The summed E-state index contributed by atoms with van der Waals surface area (Å²) in [5, 5.41) is 12.2. The second-order valence-corrected chi connectivity index (χ2v) is 12.9. The van der Waals surface area contributed by atoms with Gasteiger partial charge >= 0.3 is 0 Å². The van der Waals surface area contributed by atoms with E-state index in [9.17, 15) is 14.7 Å². The molecule has 0 saturated carbocycles. The number of phenolic OH excluding ortho intramolecular Hbond substituents is 1. The van der Waals surface area contributed by atoms with Crippen LogP contribution >= 0.6 is 27.3 Å². The van der Waals surface area contributed by atoms with E-state index in [2.05, 4.69) is 22.9 Å². The Balaban J connectivity index is 1.25. The van der Waals surface area contributed by atoms with Crippen LogP contribution in [-0.2, 0) is 20.9 Å². The number of hydrogen-bond acceptors (Lipinski definition) is 6. The van der Waals surface area contributed by atoms with Crippen molar-refractivity contribution in [2.45, 2.75) is 38.8 Å². The molecule has 6 nitrogen and oxygen atoms in total. The summed E-state index contributed by atoms with van der Waals surface area (Å²) in [6.07, 6.45) is 3.87. The second kappa shape index (κ2) is 12.0. The summed E-state index contributed by atoms with van der Waals surface area (Å²) >= 11 is 5.03. The molecular formula is C33H32BrNO5S. The first-order valence-electron chi connectivity index (χ1n) is 13.9. The number of likely N-dealkylation sites (tertiary alicyclic amines) is 1. The number of fused-ring (bicyclic) bond motifs is 3. The number of rotatable bonds is 9. The van der Waals surface area contributed by atoms with Gasteiger partial charge in [-0.25, -0.2) is 0 Å². The van der Waals surface area contributed by atoms with Crippen LogP contribution in [0.25, 0.3) is 6.08 Å². The number of carbonyl (C=O) groups is 2. The average Bonchev–Trinajstić information content (AvgIpc) is 3.70. The first-order valence-corrected chi connectivity index (χ1v) is 15.6. The number of benzene rings is 2. The summed E-state index contributed by atoms with van der Waals surface area (Å²) in [5.41, 5.74) is 4.10. The number of thiophene rings is 1. The lowest BCUT2D eigenvalue weighted by Gasteiger charge is -2.31. The Bertz CT molecular complexity index is 1500. The number of allylic oxidation sites excluding steroid dienone is 1. The van der Waals surface area contributed by atoms with E-state index in [0.717, 1.165) is 50.2 Å². The van der Waals surface area contributed by atoms with Gasteiger partial charge in [0.2, 0.25) is 11.8 Å². The van der Waals surface area contributed by atoms with E-state index in [1.54, 1.807) is 17.4 Å². The highest BCUT2D eigenvalue weighted by molar-refractivity contribution is 9.10. The number of hydrogen-bond donors (Lipinski definition) is 1. The summed E-state index contributed by atoms with van der Waals surface area (Å²) < 4.78 is 13.5. The van der Waals surface area contributed by atoms with Crippen LogP contribution in [-0.4, -0.2) is 41.1 Å². The predicted molar refractivity (Wildman–Crippen MR) is 162 cm³/mol. The van der Waals surface area contributed by atoms with Gasteiger partial charge in [-0.05, 0) is 79.1 Å². The largest absolute Gasteiger partial charge is 0.507 e. The zero-order chi connectivity index (χ0) is 28.5. The molecule has 2 saturated heterocycles. The Hall–Kier alpha value is -3.20. The van der Waals surface area contributed by atoms with E-state index in [-0.39, 0.29) is 35.5 Å². The maximum atomic E-state index is 13.7. The fourth-order valence-corrected chi connectivity index (χ4v) is 7.48. The van der Waals surface area contributed by atoms with Crippen LogP contribution in [0.4, 0.5) is 0 Å². The molecule has 3 aliphatic rings. The quantitative estimate of drug-likeness (QED) is 0.203. The van der Waals surface area contributed by atoms with Gasteiger partial charge in [-0.1, -0.05) is 51.8 Å². The van der Waals surface area contributed by atoms with Gasteiger partial charge in [0.1, 0.15) is 18.1 Å². The van der Waals surface area contributed by atoms with Crippen LogP contribution in [0, 0.1) is 17.8 Å². The van der Waals surface area contributed by atoms with Crippen molar-refractivity contribution < 1.29 is 24.2 Å². The number of halogens is 1. The summed E-state index contributed by atoms with van der Waals surface area (Å²) in [5.74, 6) is -0.0493. The molecule has 212 valence electrons. The maximum Gasteiger partial charge on any atom is 0.234 e. The van der Waals surface area contributed by atoms with Crippen molar-refractivity contribution in [3.05, 3.63) is 97.7 Å². The van der Waals surface area contributed by atoms with Gasteiger partial charge in [-0.3, -0.25) is 14.5 Å². The van der Waals surface area contributed by atoms with E-state index in [4.69, 9.17) is 9.47 Å². The minimum absolute atomic E-state index is 0.0793. The molecule has 2 fully saturated rings. The first kappa shape index (κ1) is 27.9. The lowest BCUT2D eigenvalue weighted by atomic mass is 9.69. The second-order valence-electron chi connectivity index (χ2n) is 11.0. The third-order valence-electron chi connectivity index (χ3n) is 8.34. The molecule has 0 bridgehead atoms. The highest BCUT2D eigenvalue weighted by atomic mass is 79.9. The van der Waals surface area contributed by atoms with Crippen molar-refractivity contribution >= 4 is 45.2 Å². The van der Waals surface area contributed by atoms with Crippen LogP contribution in [0.5, 0.6) is 11.5 Å². The number of para-hydroxylation sites is 1. The van der Waals surface area contributed by atoms with Crippen LogP contribution in [0.2, 0.25) is 0 Å². The lowest BCUT2D eigenvalue weighted by molar-refractivity contribution is -0.140. The van der Waals surface area contributed by atoms with Crippen molar-refractivity contribution in [2.75, 3.05) is 13.2 Å². The van der Waals surface area contributed by atoms with Gasteiger partial charge < -0.3 is 14.6 Å². The predicted octanol–water partition coefficient (Wildman–Crippen LogP) is 7.00. The smallest absolute Gasteiger partial charge is 0.234 e. The number of nitrogens with zero attached hydrogens (tertiary/aromatic N) is 1. The van der Waals surface area contributed by atoms with E-state index in [1.165, 1.54) is 4.90 Å². The Kier molecular flexibility index (Phi) is 8.15. The number of ether oxygens (including phenoxy) is 2. The highest BCUT2D eigenvalue weighted by Gasteiger charge is 2.57. The fourth-order valence-electron chi connectivity index (χ4n) is 6.41. The molecule has 2 amide bonds. The number of carbonyl (C=O) groups excluding carboxylic acids is 2. The van der Waals surface area contributed by atoms with Crippen molar-refractivity contribution in [1.29, 1.82) is 0 Å². The number of aromatic hydroxyl groups is 1.